The number of carbonyl (C=O) groups excluding carboxylic acids is 4. The Hall–Kier alpha value is -5.67. The third-order valence-electron chi connectivity index (χ3n) is 8.90. The Balaban J connectivity index is 1.07. The van der Waals surface area contributed by atoms with E-state index in [9.17, 15) is 19.2 Å². The molecule has 2 unspecified atom stereocenters. The van der Waals surface area contributed by atoms with Crippen molar-refractivity contribution in [3.05, 3.63) is 167 Å². The minimum absolute atomic E-state index is 0.0499. The highest BCUT2D eigenvalue weighted by Crippen LogP contribution is 2.41. The van der Waals surface area contributed by atoms with Gasteiger partial charge >= 0.3 is 11.9 Å². The second-order valence-electron chi connectivity index (χ2n) is 12.3. The first-order valence-electron chi connectivity index (χ1n) is 16.3. The predicted molar refractivity (Wildman–Crippen MR) is 191 cm³/mol. The predicted octanol–water partition coefficient (Wildman–Crippen LogP) is 6.67. The molecule has 0 saturated carbocycles. The summed E-state index contributed by atoms with van der Waals surface area (Å²) in [7, 11) is 0. The van der Waals surface area contributed by atoms with Gasteiger partial charge in [-0.3, -0.25) is 19.3 Å². The number of ether oxygens (including phenoxy) is 2. The van der Waals surface area contributed by atoms with E-state index >= 15 is 0 Å². The third-order valence-corrected chi connectivity index (χ3v) is 10.3. The summed E-state index contributed by atoms with van der Waals surface area (Å²) in [5, 5.41) is 4.41. The number of nitrogens with zero attached hydrogens (tertiary/aromatic N) is 1. The van der Waals surface area contributed by atoms with E-state index in [-0.39, 0.29) is 12.3 Å². The fourth-order valence-electron chi connectivity index (χ4n) is 6.35. The lowest BCUT2D eigenvalue weighted by Crippen LogP contribution is -2.71. The molecule has 7 rings (SSSR count). The van der Waals surface area contributed by atoms with Crippen LogP contribution in [0.1, 0.15) is 41.2 Å². The van der Waals surface area contributed by atoms with E-state index in [4.69, 9.17) is 9.47 Å². The van der Waals surface area contributed by atoms with Crippen LogP contribution in [0.5, 0.6) is 0 Å². The number of fused-ring (bicyclic) bond motifs is 2. The Bertz CT molecular complexity index is 2050. The molecule has 2 aliphatic heterocycles. The van der Waals surface area contributed by atoms with Gasteiger partial charge in [0.25, 0.3) is 5.91 Å². The summed E-state index contributed by atoms with van der Waals surface area (Å²) < 4.78 is 11.8. The SMILES string of the molecule is CC1=C(C(=O)OCc2ccc3ccccc3c2)N2C(=O)C(NC(=O)C(C(=O)OC(c3ccccc3)c3ccccc3)c3ccccc3)[C@@H]2SC1. The summed E-state index contributed by atoms with van der Waals surface area (Å²) in [6.45, 7) is 1.85. The van der Waals surface area contributed by atoms with Crippen molar-refractivity contribution in [3.63, 3.8) is 0 Å². The quantitative estimate of drug-likeness (QED) is 0.0997. The second-order valence-corrected chi connectivity index (χ2v) is 13.4. The second kappa shape index (κ2) is 14.4. The molecular weight excluding hydrogens is 649 g/mol. The highest BCUT2D eigenvalue weighted by molar-refractivity contribution is 8.00. The van der Waals surface area contributed by atoms with Crippen molar-refractivity contribution < 1.29 is 28.7 Å². The van der Waals surface area contributed by atoms with Gasteiger partial charge in [-0.05, 0) is 51.6 Å². The van der Waals surface area contributed by atoms with Crippen LogP contribution in [-0.2, 0) is 35.3 Å². The van der Waals surface area contributed by atoms with E-state index in [1.807, 2.05) is 103 Å². The van der Waals surface area contributed by atoms with Crippen LogP contribution in [0, 0.1) is 0 Å². The van der Waals surface area contributed by atoms with Crippen molar-refractivity contribution in [2.45, 2.75) is 37.0 Å². The summed E-state index contributed by atoms with van der Waals surface area (Å²) in [4.78, 5) is 56.4. The number of thioether (sulfide) groups is 1. The lowest BCUT2D eigenvalue weighted by atomic mass is 9.95. The van der Waals surface area contributed by atoms with Gasteiger partial charge in [-0.2, -0.15) is 0 Å². The molecule has 250 valence electrons. The molecule has 0 radical (unpaired) electrons. The van der Waals surface area contributed by atoms with Gasteiger partial charge < -0.3 is 14.8 Å². The number of β-lactam (4-membered cyclic amide) rings is 1. The van der Waals surface area contributed by atoms with Gasteiger partial charge in [0.2, 0.25) is 5.91 Å². The molecule has 5 aromatic carbocycles. The Morgan fingerprint density at radius 1 is 0.780 bits per heavy atom. The molecule has 2 aliphatic rings. The van der Waals surface area contributed by atoms with Crippen LogP contribution in [0.2, 0.25) is 0 Å². The first-order chi connectivity index (χ1) is 24.4. The molecule has 0 aliphatic carbocycles. The van der Waals surface area contributed by atoms with Crippen molar-refractivity contribution in [1.82, 2.24) is 10.2 Å². The molecule has 1 fully saturated rings. The molecule has 3 atom stereocenters. The highest BCUT2D eigenvalue weighted by atomic mass is 32.2. The zero-order valence-electron chi connectivity index (χ0n) is 27.2. The van der Waals surface area contributed by atoms with Crippen molar-refractivity contribution in [3.8, 4) is 0 Å². The van der Waals surface area contributed by atoms with Gasteiger partial charge in [0.15, 0.2) is 12.0 Å². The molecular formula is C41H34N2O6S. The molecule has 2 amide bonds. The maximum atomic E-state index is 14.0. The molecule has 0 aromatic heterocycles. The number of benzene rings is 5. The van der Waals surface area contributed by atoms with Crippen LogP contribution >= 0.6 is 11.8 Å². The molecule has 1 N–H and O–H groups in total. The number of hydrogen-bond donors (Lipinski definition) is 1. The maximum absolute atomic E-state index is 14.0. The lowest BCUT2D eigenvalue weighted by molar-refractivity contribution is -0.156. The first kappa shape index (κ1) is 32.9. The van der Waals surface area contributed by atoms with Gasteiger partial charge in [0.1, 0.15) is 23.7 Å². The van der Waals surface area contributed by atoms with Gasteiger partial charge in [-0.25, -0.2) is 4.79 Å². The molecule has 5 aromatic rings. The van der Waals surface area contributed by atoms with Crippen LogP contribution in [0.25, 0.3) is 10.8 Å². The van der Waals surface area contributed by atoms with Crippen LogP contribution in [0.15, 0.2) is 145 Å². The Morgan fingerprint density at radius 3 is 2.00 bits per heavy atom. The smallest absolute Gasteiger partial charge is 0.355 e. The summed E-state index contributed by atoms with van der Waals surface area (Å²) in [5.74, 6) is -3.32. The molecule has 0 spiro atoms. The standard InChI is InChI=1S/C41H34N2O6S/c1-26-25-50-39-34(38(45)43(39)35(26)41(47)48-24-27-21-22-28-13-11-12-20-32(28)23-27)42-37(44)33(29-14-5-2-6-15-29)40(46)49-36(30-16-7-3-8-17-30)31-18-9-4-10-19-31/h2-23,33-34,36,39H,24-25H2,1H3,(H,42,44)/t33?,34?,39-/m0/s1. The van der Waals surface area contributed by atoms with E-state index in [2.05, 4.69) is 5.32 Å². The largest absolute Gasteiger partial charge is 0.456 e. The number of carbonyl (C=O) groups is 4. The number of amides is 2. The molecule has 8 nitrogen and oxygen atoms in total. The molecule has 50 heavy (non-hydrogen) atoms. The van der Waals surface area contributed by atoms with E-state index < -0.39 is 47.2 Å². The van der Waals surface area contributed by atoms with Gasteiger partial charge in [0, 0.05) is 5.75 Å². The fraction of sp³-hybridized carbons (Fsp3) is 0.171. The van der Waals surface area contributed by atoms with Crippen LogP contribution in [-0.4, -0.2) is 45.8 Å². The number of rotatable bonds is 10. The van der Waals surface area contributed by atoms with Crippen LogP contribution in [0.4, 0.5) is 0 Å². The van der Waals surface area contributed by atoms with Gasteiger partial charge in [-0.15, -0.1) is 11.8 Å². The van der Waals surface area contributed by atoms with Crippen molar-refractivity contribution in [1.29, 1.82) is 0 Å². The monoisotopic (exact) mass is 682 g/mol. The van der Waals surface area contributed by atoms with E-state index in [0.29, 0.717) is 16.9 Å². The van der Waals surface area contributed by atoms with E-state index in [1.165, 1.54) is 16.7 Å². The van der Waals surface area contributed by atoms with E-state index in [1.54, 1.807) is 37.3 Å². The third kappa shape index (κ3) is 6.64. The number of nitrogens with one attached hydrogen (secondary N) is 1. The molecule has 2 heterocycles. The van der Waals surface area contributed by atoms with Crippen molar-refractivity contribution >= 4 is 46.3 Å². The van der Waals surface area contributed by atoms with Gasteiger partial charge in [-0.1, -0.05) is 127 Å². The van der Waals surface area contributed by atoms with Crippen molar-refractivity contribution in [2.24, 2.45) is 0 Å². The zero-order valence-corrected chi connectivity index (χ0v) is 28.0. The number of hydrogen-bond acceptors (Lipinski definition) is 7. The first-order valence-corrected chi connectivity index (χ1v) is 17.4. The summed E-state index contributed by atoms with van der Waals surface area (Å²) in [5.41, 5.74) is 3.68. The van der Waals surface area contributed by atoms with E-state index in [0.717, 1.165) is 27.5 Å². The van der Waals surface area contributed by atoms with Crippen LogP contribution < -0.4 is 5.32 Å². The topological polar surface area (TPSA) is 102 Å². The lowest BCUT2D eigenvalue weighted by Gasteiger charge is -2.49. The Morgan fingerprint density at radius 2 is 1.36 bits per heavy atom. The van der Waals surface area contributed by atoms with Gasteiger partial charge in [0.05, 0.1) is 0 Å². The summed E-state index contributed by atoms with van der Waals surface area (Å²) >= 11 is 1.44. The average Bonchev–Trinajstić information content (AvgIpc) is 3.16. The Labute approximate surface area is 294 Å². The molecule has 1 saturated heterocycles. The Kier molecular flexibility index (Phi) is 9.49. The maximum Gasteiger partial charge on any atom is 0.355 e. The average molecular weight is 683 g/mol. The van der Waals surface area contributed by atoms with Crippen LogP contribution in [0.3, 0.4) is 0 Å². The zero-order chi connectivity index (χ0) is 34.6. The molecule has 0 bridgehead atoms. The fourth-order valence-corrected chi connectivity index (χ4v) is 7.65. The van der Waals surface area contributed by atoms with Crippen molar-refractivity contribution in [2.75, 3.05) is 5.75 Å². The summed E-state index contributed by atoms with van der Waals surface area (Å²) in [6, 6.07) is 40.2. The highest BCUT2D eigenvalue weighted by Gasteiger charge is 2.54. The normalized spacial score (nSPS) is 17.5. The number of esters is 2. The minimum Gasteiger partial charge on any atom is -0.456 e. The minimum atomic E-state index is -1.34. The molecule has 9 heteroatoms. The summed E-state index contributed by atoms with van der Waals surface area (Å²) in [6.07, 6.45) is -0.755.